The Balaban J connectivity index is 1.41. The van der Waals surface area contributed by atoms with E-state index in [0.717, 1.165) is 6.42 Å². The van der Waals surface area contributed by atoms with E-state index in [1.165, 1.54) is 16.8 Å². The fourth-order valence-electron chi connectivity index (χ4n) is 3.42. The molecule has 0 radical (unpaired) electrons. The monoisotopic (exact) mass is 353 g/mol. The summed E-state index contributed by atoms with van der Waals surface area (Å²) in [6.45, 7) is 2.60. The van der Waals surface area contributed by atoms with E-state index >= 15 is 0 Å². The molecule has 130 valence electrons. The highest BCUT2D eigenvalue weighted by atomic mass is 32.2. The van der Waals surface area contributed by atoms with Gasteiger partial charge in [-0.2, -0.15) is 9.29 Å². The van der Waals surface area contributed by atoms with Crippen LogP contribution in [0, 0.1) is 12.8 Å². The normalized spacial score (nSPS) is 27.7. The van der Waals surface area contributed by atoms with Gasteiger partial charge in [0.1, 0.15) is 0 Å². The van der Waals surface area contributed by atoms with Crippen LogP contribution in [0.15, 0.2) is 22.1 Å². The van der Waals surface area contributed by atoms with Crippen LogP contribution >= 0.6 is 0 Å². The molecular formula is C14H19N5O4S. The lowest BCUT2D eigenvalue weighted by atomic mass is 10.0. The standard InChI is InChI=1S/C14H19N5O4S/c1-9-16-13(23-17-9)4-11-3-10-5-19(6-12(10)22-11)24(20,21)14-7-18(2)8-15-14/h7-8,10-12H,3-6H2,1-2H3/t10-,11+,12+/m0/s1. The molecule has 9 nitrogen and oxygen atoms in total. The summed E-state index contributed by atoms with van der Waals surface area (Å²) in [5.41, 5.74) is 0. The number of aromatic nitrogens is 4. The summed E-state index contributed by atoms with van der Waals surface area (Å²) in [7, 11) is -1.80. The Morgan fingerprint density at radius 3 is 2.83 bits per heavy atom. The third-order valence-electron chi connectivity index (χ3n) is 4.54. The van der Waals surface area contributed by atoms with Crippen molar-refractivity contribution in [1.82, 2.24) is 24.0 Å². The van der Waals surface area contributed by atoms with Crippen molar-refractivity contribution in [3.63, 3.8) is 0 Å². The van der Waals surface area contributed by atoms with E-state index in [1.54, 1.807) is 18.5 Å². The van der Waals surface area contributed by atoms with Gasteiger partial charge in [-0.25, -0.2) is 13.4 Å². The smallest absolute Gasteiger partial charge is 0.262 e. The summed E-state index contributed by atoms with van der Waals surface area (Å²) >= 11 is 0. The van der Waals surface area contributed by atoms with Crippen LogP contribution in [-0.2, 0) is 28.2 Å². The summed E-state index contributed by atoms with van der Waals surface area (Å²) in [6, 6.07) is 0. The van der Waals surface area contributed by atoms with Gasteiger partial charge in [-0.1, -0.05) is 5.16 Å². The number of aryl methyl sites for hydroxylation is 2. The zero-order valence-corrected chi connectivity index (χ0v) is 14.3. The lowest BCUT2D eigenvalue weighted by Gasteiger charge is -2.17. The van der Waals surface area contributed by atoms with Crippen LogP contribution in [0.1, 0.15) is 18.1 Å². The van der Waals surface area contributed by atoms with Gasteiger partial charge in [-0.05, 0) is 13.3 Å². The fraction of sp³-hybridized carbons (Fsp3) is 0.643. The quantitative estimate of drug-likeness (QED) is 0.770. The van der Waals surface area contributed by atoms with Crippen LogP contribution < -0.4 is 0 Å². The van der Waals surface area contributed by atoms with E-state index in [4.69, 9.17) is 9.26 Å². The van der Waals surface area contributed by atoms with Gasteiger partial charge < -0.3 is 13.8 Å². The van der Waals surface area contributed by atoms with Gasteiger partial charge in [-0.15, -0.1) is 0 Å². The van der Waals surface area contributed by atoms with Crippen molar-refractivity contribution in [2.45, 2.75) is 37.0 Å². The zero-order chi connectivity index (χ0) is 16.9. The van der Waals surface area contributed by atoms with Gasteiger partial charge in [0.2, 0.25) is 5.89 Å². The molecule has 0 N–H and O–H groups in total. The Bertz CT molecular complexity index is 831. The lowest BCUT2D eigenvalue weighted by molar-refractivity contribution is 0.0400. The van der Waals surface area contributed by atoms with Crippen molar-refractivity contribution in [3.05, 3.63) is 24.2 Å². The predicted molar refractivity (Wildman–Crippen MR) is 81.5 cm³/mol. The molecule has 2 aliphatic heterocycles. The van der Waals surface area contributed by atoms with Crippen LogP contribution in [0.4, 0.5) is 0 Å². The summed E-state index contributed by atoms with van der Waals surface area (Å²) in [4.78, 5) is 8.15. The fourth-order valence-corrected chi connectivity index (χ4v) is 4.90. The van der Waals surface area contributed by atoms with E-state index < -0.39 is 10.0 Å². The third-order valence-corrected chi connectivity index (χ3v) is 6.26. The Kier molecular flexibility index (Phi) is 3.70. The zero-order valence-electron chi connectivity index (χ0n) is 13.5. The van der Waals surface area contributed by atoms with Gasteiger partial charge in [0.15, 0.2) is 10.9 Å². The lowest BCUT2D eigenvalue weighted by Crippen LogP contribution is -2.32. The van der Waals surface area contributed by atoms with Crippen molar-refractivity contribution >= 4 is 10.0 Å². The van der Waals surface area contributed by atoms with Crippen LogP contribution in [-0.4, -0.2) is 57.7 Å². The number of hydrogen-bond acceptors (Lipinski definition) is 7. The highest BCUT2D eigenvalue weighted by Crippen LogP contribution is 2.36. The second-order valence-corrected chi connectivity index (χ2v) is 8.32. The molecule has 4 rings (SSSR count). The van der Waals surface area contributed by atoms with Crippen LogP contribution in [0.3, 0.4) is 0 Å². The topological polar surface area (TPSA) is 103 Å². The number of hydrogen-bond donors (Lipinski definition) is 0. The average Bonchev–Trinajstić information content (AvgIpc) is 3.23. The van der Waals surface area contributed by atoms with Gasteiger partial charge in [0.25, 0.3) is 10.0 Å². The molecule has 0 unspecified atom stereocenters. The number of nitrogens with zero attached hydrogens (tertiary/aromatic N) is 5. The van der Waals surface area contributed by atoms with Crippen LogP contribution in [0.2, 0.25) is 0 Å². The number of rotatable bonds is 4. The molecule has 10 heteroatoms. The maximum absolute atomic E-state index is 12.6. The highest BCUT2D eigenvalue weighted by molar-refractivity contribution is 7.89. The maximum Gasteiger partial charge on any atom is 0.262 e. The van der Waals surface area contributed by atoms with Gasteiger partial charge in [0, 0.05) is 32.3 Å². The Hall–Kier alpha value is -1.78. The molecule has 4 heterocycles. The van der Waals surface area contributed by atoms with Crippen LogP contribution in [0.5, 0.6) is 0 Å². The molecular weight excluding hydrogens is 334 g/mol. The second kappa shape index (κ2) is 5.64. The maximum atomic E-state index is 12.6. The number of fused-ring (bicyclic) bond motifs is 1. The molecule has 2 aromatic heterocycles. The number of sulfonamides is 1. The van der Waals surface area contributed by atoms with Crippen molar-refractivity contribution in [3.8, 4) is 0 Å². The minimum Gasteiger partial charge on any atom is -0.373 e. The van der Waals surface area contributed by atoms with Crippen molar-refractivity contribution in [1.29, 1.82) is 0 Å². The van der Waals surface area contributed by atoms with Crippen molar-refractivity contribution < 1.29 is 17.7 Å². The van der Waals surface area contributed by atoms with Crippen molar-refractivity contribution in [2.24, 2.45) is 13.0 Å². The second-order valence-electron chi connectivity index (χ2n) is 6.43. The minimum atomic E-state index is -3.55. The van der Waals surface area contributed by atoms with E-state index in [0.29, 0.717) is 31.2 Å². The molecule has 0 spiro atoms. The molecule has 2 aromatic rings. The van der Waals surface area contributed by atoms with Gasteiger partial charge in [-0.3, -0.25) is 0 Å². The van der Waals surface area contributed by atoms with Gasteiger partial charge in [0.05, 0.1) is 25.0 Å². The number of imidazole rings is 1. The first kappa shape index (κ1) is 15.7. The predicted octanol–water partition coefficient (Wildman–Crippen LogP) is 0.132. The largest absolute Gasteiger partial charge is 0.373 e. The van der Waals surface area contributed by atoms with E-state index in [9.17, 15) is 8.42 Å². The summed E-state index contributed by atoms with van der Waals surface area (Å²) in [5.74, 6) is 1.36. The minimum absolute atomic E-state index is 0.000413. The molecule has 2 saturated heterocycles. The first-order valence-corrected chi connectivity index (χ1v) is 9.28. The van der Waals surface area contributed by atoms with E-state index in [2.05, 4.69) is 15.1 Å². The summed E-state index contributed by atoms with van der Waals surface area (Å²) in [5, 5.41) is 3.86. The Labute approximate surface area is 139 Å². The Morgan fingerprint density at radius 1 is 1.38 bits per heavy atom. The Morgan fingerprint density at radius 2 is 2.21 bits per heavy atom. The molecule has 2 aliphatic rings. The molecule has 3 atom stereocenters. The number of ether oxygens (including phenoxy) is 1. The molecule has 0 bridgehead atoms. The molecule has 0 aromatic carbocycles. The van der Waals surface area contributed by atoms with Crippen LogP contribution in [0.25, 0.3) is 0 Å². The van der Waals surface area contributed by atoms with Gasteiger partial charge >= 0.3 is 0 Å². The van der Waals surface area contributed by atoms with E-state index in [1.807, 2.05) is 0 Å². The van der Waals surface area contributed by atoms with Crippen molar-refractivity contribution in [2.75, 3.05) is 13.1 Å². The summed E-state index contributed by atoms with van der Waals surface area (Å²) in [6.07, 6.45) is 4.28. The summed E-state index contributed by atoms with van der Waals surface area (Å²) < 4.78 is 39.5. The average molecular weight is 353 g/mol. The molecule has 0 aliphatic carbocycles. The molecule has 0 saturated carbocycles. The highest BCUT2D eigenvalue weighted by Gasteiger charge is 2.46. The molecule has 2 fully saturated rings. The molecule has 24 heavy (non-hydrogen) atoms. The SMILES string of the molecule is Cc1noc(C[C@H]2C[C@H]3CN(S(=O)(=O)c4cn(C)cn4)C[C@H]3O2)n1. The first-order chi connectivity index (χ1) is 11.4. The third kappa shape index (κ3) is 2.74. The molecule has 0 amide bonds. The first-order valence-electron chi connectivity index (χ1n) is 7.84. The van der Waals surface area contributed by atoms with E-state index in [-0.39, 0.29) is 23.2 Å².